The Morgan fingerprint density at radius 2 is 2.00 bits per heavy atom. The molecule has 1 heterocycles. The van der Waals surface area contributed by atoms with E-state index in [1.165, 1.54) is 0 Å². The molecule has 0 aliphatic carbocycles. The number of hydrogen-bond donors (Lipinski definition) is 2. The summed E-state index contributed by atoms with van der Waals surface area (Å²) in [6.07, 6.45) is 1.61. The average molecular weight is 245 g/mol. The Labute approximate surface area is 103 Å². The molecule has 2 N–H and O–H groups in total. The van der Waals surface area contributed by atoms with Crippen LogP contribution in [-0.2, 0) is 0 Å². The molecule has 2 rings (SSSR count). The second-order valence-corrected chi connectivity index (χ2v) is 4.18. The number of hydrazone groups is 1. The topological polar surface area (TPSA) is 53.5 Å². The third kappa shape index (κ3) is 3.73. The van der Waals surface area contributed by atoms with Gasteiger partial charge in [-0.05, 0) is 23.6 Å². The predicted octanol–water partition coefficient (Wildman–Crippen LogP) is 2.90. The Bertz CT molecular complexity index is 494. The zero-order valence-electron chi connectivity index (χ0n) is 8.96. The van der Waals surface area contributed by atoms with Crippen molar-refractivity contribution in [2.24, 2.45) is 5.10 Å². The molecule has 0 unspecified atom stereocenters. The van der Waals surface area contributed by atoms with Gasteiger partial charge < -0.3 is 5.32 Å². The summed E-state index contributed by atoms with van der Waals surface area (Å²) in [6.45, 7) is 0. The van der Waals surface area contributed by atoms with Crippen LogP contribution in [0.1, 0.15) is 4.88 Å². The van der Waals surface area contributed by atoms with Crippen LogP contribution in [0.5, 0.6) is 0 Å². The number of carbonyl (C=O) groups excluding carboxylic acids is 1. The smallest absolute Gasteiger partial charge is 0.307 e. The van der Waals surface area contributed by atoms with Gasteiger partial charge in [0.25, 0.3) is 0 Å². The number of urea groups is 1. The van der Waals surface area contributed by atoms with Crippen LogP contribution in [0.25, 0.3) is 0 Å². The number of hydrogen-bond acceptors (Lipinski definition) is 3. The SMILES string of the molecule is O=C(N/N=C\c1cccs1)Nc1ccccc1. The molecule has 4 nitrogen and oxygen atoms in total. The first-order chi connectivity index (χ1) is 8.34. The van der Waals surface area contributed by atoms with E-state index in [0.717, 1.165) is 10.6 Å². The number of benzene rings is 1. The first-order valence-electron chi connectivity index (χ1n) is 5.03. The van der Waals surface area contributed by atoms with Crippen molar-refractivity contribution >= 4 is 29.3 Å². The Morgan fingerprint density at radius 1 is 1.18 bits per heavy atom. The van der Waals surface area contributed by atoms with Crippen molar-refractivity contribution in [3.8, 4) is 0 Å². The summed E-state index contributed by atoms with van der Waals surface area (Å²) in [6, 6.07) is 12.7. The summed E-state index contributed by atoms with van der Waals surface area (Å²) < 4.78 is 0. The molecule has 0 aliphatic rings. The molecule has 0 radical (unpaired) electrons. The van der Waals surface area contributed by atoms with E-state index in [-0.39, 0.29) is 6.03 Å². The van der Waals surface area contributed by atoms with E-state index < -0.39 is 0 Å². The standard InChI is InChI=1S/C12H11N3OS/c16-12(14-10-5-2-1-3-6-10)15-13-9-11-7-4-8-17-11/h1-9H,(H2,14,15,16)/b13-9-. The zero-order valence-corrected chi connectivity index (χ0v) is 9.78. The number of para-hydroxylation sites is 1. The van der Waals surface area contributed by atoms with Crippen molar-refractivity contribution in [1.82, 2.24) is 5.43 Å². The Balaban J connectivity index is 1.82. The number of nitrogens with zero attached hydrogens (tertiary/aromatic N) is 1. The highest BCUT2D eigenvalue weighted by Gasteiger charge is 1.97. The highest BCUT2D eigenvalue weighted by atomic mass is 32.1. The lowest BCUT2D eigenvalue weighted by Crippen LogP contribution is -2.24. The minimum absolute atomic E-state index is 0.357. The highest BCUT2D eigenvalue weighted by molar-refractivity contribution is 7.11. The lowest BCUT2D eigenvalue weighted by Gasteiger charge is -2.02. The van der Waals surface area contributed by atoms with Crippen molar-refractivity contribution in [3.63, 3.8) is 0 Å². The second kappa shape index (κ2) is 5.81. The van der Waals surface area contributed by atoms with Crippen LogP contribution in [0.15, 0.2) is 52.9 Å². The number of amides is 2. The van der Waals surface area contributed by atoms with E-state index in [1.54, 1.807) is 17.6 Å². The van der Waals surface area contributed by atoms with Gasteiger partial charge in [-0.3, -0.25) is 0 Å². The van der Waals surface area contributed by atoms with Gasteiger partial charge in [0.2, 0.25) is 0 Å². The monoisotopic (exact) mass is 245 g/mol. The quantitative estimate of drug-likeness (QED) is 0.634. The van der Waals surface area contributed by atoms with Gasteiger partial charge in [0, 0.05) is 10.6 Å². The molecule has 0 fully saturated rings. The van der Waals surface area contributed by atoms with Crippen molar-refractivity contribution in [2.45, 2.75) is 0 Å². The molecule has 1 aromatic heterocycles. The van der Waals surface area contributed by atoms with Crippen LogP contribution < -0.4 is 10.7 Å². The van der Waals surface area contributed by atoms with Crippen LogP contribution in [0.2, 0.25) is 0 Å². The lowest BCUT2D eigenvalue weighted by atomic mass is 10.3. The van der Waals surface area contributed by atoms with Crippen molar-refractivity contribution in [1.29, 1.82) is 0 Å². The summed E-state index contributed by atoms with van der Waals surface area (Å²) >= 11 is 1.56. The summed E-state index contributed by atoms with van der Waals surface area (Å²) in [7, 11) is 0. The molecule has 5 heteroatoms. The van der Waals surface area contributed by atoms with Crippen LogP contribution in [0.4, 0.5) is 10.5 Å². The van der Waals surface area contributed by atoms with E-state index in [1.807, 2.05) is 47.8 Å². The normalized spacial score (nSPS) is 10.4. The molecule has 0 saturated carbocycles. The van der Waals surface area contributed by atoms with Gasteiger partial charge in [0.15, 0.2) is 0 Å². The summed E-state index contributed by atoms with van der Waals surface area (Å²) in [5.41, 5.74) is 3.13. The maximum absolute atomic E-state index is 11.4. The molecule has 0 bridgehead atoms. The number of thiophene rings is 1. The molecule has 86 valence electrons. The molecule has 0 saturated heterocycles. The van der Waals surface area contributed by atoms with Crippen molar-refractivity contribution in [3.05, 3.63) is 52.7 Å². The van der Waals surface area contributed by atoms with Gasteiger partial charge >= 0.3 is 6.03 Å². The van der Waals surface area contributed by atoms with Gasteiger partial charge in [-0.1, -0.05) is 24.3 Å². The van der Waals surface area contributed by atoms with Crippen LogP contribution in [-0.4, -0.2) is 12.2 Å². The number of rotatable bonds is 3. The minimum atomic E-state index is -0.357. The Kier molecular flexibility index (Phi) is 3.88. The molecule has 0 aliphatic heterocycles. The maximum Gasteiger partial charge on any atom is 0.339 e. The van der Waals surface area contributed by atoms with E-state index in [0.29, 0.717) is 0 Å². The first kappa shape index (κ1) is 11.3. The molecule has 2 aromatic rings. The summed E-state index contributed by atoms with van der Waals surface area (Å²) in [5, 5.41) is 8.44. The zero-order chi connectivity index (χ0) is 11.9. The predicted molar refractivity (Wildman–Crippen MR) is 70.5 cm³/mol. The van der Waals surface area contributed by atoms with Crippen LogP contribution in [0, 0.1) is 0 Å². The third-order valence-corrected chi connectivity index (χ3v) is 2.74. The van der Waals surface area contributed by atoms with E-state index in [2.05, 4.69) is 15.8 Å². The lowest BCUT2D eigenvalue weighted by molar-refractivity contribution is 0.252. The maximum atomic E-state index is 11.4. The molecule has 0 atom stereocenters. The van der Waals surface area contributed by atoms with Gasteiger partial charge in [0.05, 0.1) is 6.21 Å². The largest absolute Gasteiger partial charge is 0.339 e. The van der Waals surface area contributed by atoms with E-state index in [4.69, 9.17) is 0 Å². The molecular formula is C12H11N3OS. The van der Waals surface area contributed by atoms with Crippen LogP contribution in [0.3, 0.4) is 0 Å². The molecule has 1 aromatic carbocycles. The van der Waals surface area contributed by atoms with Gasteiger partial charge in [-0.25, -0.2) is 10.2 Å². The van der Waals surface area contributed by atoms with Crippen molar-refractivity contribution < 1.29 is 4.79 Å². The van der Waals surface area contributed by atoms with E-state index in [9.17, 15) is 4.79 Å². The first-order valence-corrected chi connectivity index (χ1v) is 5.91. The van der Waals surface area contributed by atoms with Gasteiger partial charge in [-0.15, -0.1) is 11.3 Å². The molecular weight excluding hydrogens is 234 g/mol. The van der Waals surface area contributed by atoms with Crippen molar-refractivity contribution in [2.75, 3.05) is 5.32 Å². The summed E-state index contributed by atoms with van der Waals surface area (Å²) in [5.74, 6) is 0. The summed E-state index contributed by atoms with van der Waals surface area (Å²) in [4.78, 5) is 12.4. The van der Waals surface area contributed by atoms with Gasteiger partial charge in [-0.2, -0.15) is 5.10 Å². The number of anilines is 1. The van der Waals surface area contributed by atoms with Gasteiger partial charge in [0.1, 0.15) is 0 Å². The molecule has 2 amide bonds. The fourth-order valence-corrected chi connectivity index (χ4v) is 1.78. The average Bonchev–Trinajstić information content (AvgIpc) is 2.83. The van der Waals surface area contributed by atoms with Crippen LogP contribution >= 0.6 is 11.3 Å². The highest BCUT2D eigenvalue weighted by Crippen LogP contribution is 2.05. The fraction of sp³-hybridized carbons (Fsp3) is 0. The second-order valence-electron chi connectivity index (χ2n) is 3.21. The molecule has 17 heavy (non-hydrogen) atoms. The fourth-order valence-electron chi connectivity index (χ4n) is 1.20. The van der Waals surface area contributed by atoms with E-state index >= 15 is 0 Å². The Hall–Kier alpha value is -2.14. The minimum Gasteiger partial charge on any atom is -0.307 e. The number of nitrogens with one attached hydrogen (secondary N) is 2. The number of carbonyl (C=O) groups is 1. The molecule has 0 spiro atoms. The third-order valence-electron chi connectivity index (χ3n) is 1.93. The Morgan fingerprint density at radius 3 is 2.71 bits per heavy atom.